The lowest BCUT2D eigenvalue weighted by Crippen LogP contribution is -2.06. The minimum absolute atomic E-state index is 0.263. The Balaban J connectivity index is 2.94. The van der Waals surface area contributed by atoms with Gasteiger partial charge in [0.1, 0.15) is 0 Å². The van der Waals surface area contributed by atoms with Gasteiger partial charge in [0.2, 0.25) is 0 Å². The molecular weight excluding hydrogens is 176 g/mol. The molecule has 0 aliphatic heterocycles. The minimum atomic E-state index is 0.263. The maximum absolute atomic E-state index is 3.81. The van der Waals surface area contributed by atoms with Crippen molar-refractivity contribution in [2.24, 2.45) is 0 Å². The summed E-state index contributed by atoms with van der Waals surface area (Å²) in [6.45, 7) is 10.5. The topological polar surface area (TPSA) is 0 Å². The number of hydrogen-bond donors (Lipinski definition) is 0. The standard InChI is InChI=1S/C12H16S/c1-5-10-8-6-7-9-11(10)13-12(2,3)4/h5-9H,1H2,2-4H3. The first-order valence-electron chi connectivity index (χ1n) is 4.43. The Morgan fingerprint density at radius 2 is 1.85 bits per heavy atom. The van der Waals surface area contributed by atoms with Gasteiger partial charge < -0.3 is 0 Å². The van der Waals surface area contributed by atoms with E-state index >= 15 is 0 Å². The molecule has 0 nitrogen and oxygen atoms in total. The molecule has 0 heterocycles. The Bertz CT molecular complexity index is 294. The lowest BCUT2D eigenvalue weighted by molar-refractivity contribution is 0.802. The van der Waals surface area contributed by atoms with E-state index < -0.39 is 0 Å². The molecule has 0 unspecified atom stereocenters. The average molecular weight is 192 g/mol. The van der Waals surface area contributed by atoms with Crippen LogP contribution in [0.25, 0.3) is 6.08 Å². The van der Waals surface area contributed by atoms with Crippen LogP contribution in [0.15, 0.2) is 35.7 Å². The maximum Gasteiger partial charge on any atom is 0.0150 e. The summed E-state index contributed by atoms with van der Waals surface area (Å²) in [5.41, 5.74) is 1.22. The highest BCUT2D eigenvalue weighted by Crippen LogP contribution is 2.34. The lowest BCUT2D eigenvalue weighted by Gasteiger charge is -2.18. The molecule has 0 amide bonds. The molecule has 0 saturated carbocycles. The van der Waals surface area contributed by atoms with Crippen molar-refractivity contribution < 1.29 is 0 Å². The van der Waals surface area contributed by atoms with E-state index in [1.54, 1.807) is 0 Å². The number of benzene rings is 1. The van der Waals surface area contributed by atoms with Gasteiger partial charge in [-0.25, -0.2) is 0 Å². The molecule has 0 atom stereocenters. The quantitative estimate of drug-likeness (QED) is 0.632. The Hall–Kier alpha value is -0.690. The number of rotatable bonds is 2. The largest absolute Gasteiger partial charge is 0.120 e. The van der Waals surface area contributed by atoms with Crippen molar-refractivity contribution in [3.05, 3.63) is 36.4 Å². The van der Waals surface area contributed by atoms with Crippen molar-refractivity contribution in [1.29, 1.82) is 0 Å². The van der Waals surface area contributed by atoms with Gasteiger partial charge in [0.15, 0.2) is 0 Å². The molecular formula is C12H16S. The molecule has 0 aliphatic rings. The van der Waals surface area contributed by atoms with Crippen molar-refractivity contribution in [3.63, 3.8) is 0 Å². The zero-order chi connectivity index (χ0) is 9.90. The van der Waals surface area contributed by atoms with Gasteiger partial charge in [-0.2, -0.15) is 0 Å². The molecule has 0 aliphatic carbocycles. The predicted molar refractivity (Wildman–Crippen MR) is 62.1 cm³/mol. The van der Waals surface area contributed by atoms with E-state index in [4.69, 9.17) is 0 Å². The van der Waals surface area contributed by atoms with E-state index in [0.29, 0.717) is 0 Å². The van der Waals surface area contributed by atoms with Crippen LogP contribution in [0.3, 0.4) is 0 Å². The highest BCUT2D eigenvalue weighted by molar-refractivity contribution is 8.00. The van der Waals surface area contributed by atoms with Crippen LogP contribution in [0.4, 0.5) is 0 Å². The van der Waals surface area contributed by atoms with Gasteiger partial charge in [-0.3, -0.25) is 0 Å². The Labute approximate surface area is 85.1 Å². The fourth-order valence-corrected chi connectivity index (χ4v) is 2.15. The summed E-state index contributed by atoms with van der Waals surface area (Å²) in [7, 11) is 0. The molecule has 0 saturated heterocycles. The summed E-state index contributed by atoms with van der Waals surface area (Å²) in [5, 5.41) is 0. The molecule has 0 N–H and O–H groups in total. The summed E-state index contributed by atoms with van der Waals surface area (Å²) in [6, 6.07) is 8.36. The van der Waals surface area contributed by atoms with E-state index in [9.17, 15) is 0 Å². The van der Waals surface area contributed by atoms with Crippen LogP contribution in [0, 0.1) is 0 Å². The summed E-state index contributed by atoms with van der Waals surface area (Å²) in [6.07, 6.45) is 1.91. The lowest BCUT2D eigenvalue weighted by atomic mass is 10.2. The highest BCUT2D eigenvalue weighted by atomic mass is 32.2. The molecule has 13 heavy (non-hydrogen) atoms. The van der Waals surface area contributed by atoms with Crippen molar-refractivity contribution in [3.8, 4) is 0 Å². The molecule has 0 radical (unpaired) electrons. The van der Waals surface area contributed by atoms with Gasteiger partial charge in [-0.05, 0) is 11.6 Å². The van der Waals surface area contributed by atoms with Gasteiger partial charge in [-0.15, -0.1) is 11.8 Å². The first kappa shape index (κ1) is 10.4. The molecule has 1 aromatic carbocycles. The van der Waals surface area contributed by atoms with Crippen LogP contribution in [0.2, 0.25) is 0 Å². The Morgan fingerprint density at radius 3 is 2.38 bits per heavy atom. The maximum atomic E-state index is 3.81. The summed E-state index contributed by atoms with van der Waals surface area (Å²) in [4.78, 5) is 1.31. The summed E-state index contributed by atoms with van der Waals surface area (Å²) < 4.78 is 0.263. The second kappa shape index (κ2) is 4.01. The smallest absolute Gasteiger partial charge is 0.0150 e. The van der Waals surface area contributed by atoms with E-state index in [-0.39, 0.29) is 4.75 Å². The van der Waals surface area contributed by atoms with Gasteiger partial charge in [0, 0.05) is 9.64 Å². The van der Waals surface area contributed by atoms with Gasteiger partial charge in [0.05, 0.1) is 0 Å². The van der Waals surface area contributed by atoms with Gasteiger partial charge >= 0.3 is 0 Å². The molecule has 0 aromatic heterocycles. The van der Waals surface area contributed by atoms with E-state index in [0.717, 1.165) is 0 Å². The molecule has 0 bridgehead atoms. The van der Waals surface area contributed by atoms with Crippen molar-refractivity contribution in [1.82, 2.24) is 0 Å². The molecule has 70 valence electrons. The third-order valence-corrected chi connectivity index (χ3v) is 2.76. The fraction of sp³-hybridized carbons (Fsp3) is 0.333. The minimum Gasteiger partial charge on any atom is -0.120 e. The number of thioether (sulfide) groups is 1. The molecule has 1 heteroatoms. The normalized spacial score (nSPS) is 11.3. The van der Waals surface area contributed by atoms with E-state index in [1.165, 1.54) is 10.5 Å². The average Bonchev–Trinajstić information content (AvgIpc) is 2.02. The van der Waals surface area contributed by atoms with Crippen LogP contribution >= 0.6 is 11.8 Å². The first-order chi connectivity index (χ1) is 6.03. The van der Waals surface area contributed by atoms with Gasteiger partial charge in [0.25, 0.3) is 0 Å². The molecule has 0 spiro atoms. The third kappa shape index (κ3) is 3.27. The van der Waals surface area contributed by atoms with Gasteiger partial charge in [-0.1, -0.05) is 51.6 Å². The van der Waals surface area contributed by atoms with Crippen LogP contribution in [-0.2, 0) is 0 Å². The summed E-state index contributed by atoms with van der Waals surface area (Å²) in [5.74, 6) is 0. The van der Waals surface area contributed by atoms with Crippen LogP contribution in [-0.4, -0.2) is 4.75 Å². The van der Waals surface area contributed by atoms with Crippen molar-refractivity contribution in [2.75, 3.05) is 0 Å². The van der Waals surface area contributed by atoms with Crippen LogP contribution < -0.4 is 0 Å². The SMILES string of the molecule is C=Cc1ccccc1SC(C)(C)C. The van der Waals surface area contributed by atoms with Crippen molar-refractivity contribution in [2.45, 2.75) is 30.4 Å². The highest BCUT2D eigenvalue weighted by Gasteiger charge is 2.13. The third-order valence-electron chi connectivity index (χ3n) is 1.56. The molecule has 0 fully saturated rings. The first-order valence-corrected chi connectivity index (χ1v) is 5.25. The zero-order valence-electron chi connectivity index (χ0n) is 8.50. The Kier molecular flexibility index (Phi) is 3.21. The summed E-state index contributed by atoms with van der Waals surface area (Å²) >= 11 is 1.88. The van der Waals surface area contributed by atoms with Crippen LogP contribution in [0.5, 0.6) is 0 Å². The molecule has 1 rings (SSSR count). The monoisotopic (exact) mass is 192 g/mol. The van der Waals surface area contributed by atoms with E-state index in [2.05, 4.69) is 45.5 Å². The Morgan fingerprint density at radius 1 is 1.23 bits per heavy atom. The second-order valence-electron chi connectivity index (χ2n) is 3.96. The zero-order valence-corrected chi connectivity index (χ0v) is 9.32. The second-order valence-corrected chi connectivity index (χ2v) is 5.83. The number of hydrogen-bond acceptors (Lipinski definition) is 1. The van der Waals surface area contributed by atoms with Crippen molar-refractivity contribution >= 4 is 17.8 Å². The van der Waals surface area contributed by atoms with E-state index in [1.807, 2.05) is 23.9 Å². The molecule has 1 aromatic rings. The predicted octanol–water partition coefficient (Wildman–Crippen LogP) is 4.22. The van der Waals surface area contributed by atoms with Crippen LogP contribution in [0.1, 0.15) is 26.3 Å². The fourth-order valence-electron chi connectivity index (χ4n) is 1.07.